The molecule has 0 unspecified atom stereocenters. The summed E-state index contributed by atoms with van der Waals surface area (Å²) in [6.45, 7) is 0. The van der Waals surface area contributed by atoms with E-state index in [1.54, 1.807) is 0 Å². The molecule has 0 saturated heterocycles. The number of hydrogen-bond acceptors (Lipinski definition) is 1. The smallest absolute Gasteiger partial charge is 0.450 e. The Labute approximate surface area is 69.0 Å². The van der Waals surface area contributed by atoms with Crippen molar-refractivity contribution >= 4 is 6.16 Å². The fourth-order valence-electron chi connectivity index (χ4n) is 1.07. The monoisotopic (exact) mass is 182 g/mol. The van der Waals surface area contributed by atoms with Gasteiger partial charge in [0.05, 0.1) is 0 Å². The van der Waals surface area contributed by atoms with Crippen LogP contribution in [0.15, 0.2) is 0 Å². The largest absolute Gasteiger partial charge is 0.503 e. The van der Waals surface area contributed by atoms with Gasteiger partial charge in [0.25, 0.3) is 0 Å². The maximum Gasteiger partial charge on any atom is 0.503 e. The van der Waals surface area contributed by atoms with Crippen molar-refractivity contribution in [3.63, 3.8) is 0 Å². The summed E-state index contributed by atoms with van der Waals surface area (Å²) in [5.74, 6) is -2.32. The highest BCUT2D eigenvalue weighted by molar-refractivity contribution is 5.53. The lowest BCUT2D eigenvalue weighted by molar-refractivity contribution is -0.0337. The van der Waals surface area contributed by atoms with Crippen molar-refractivity contribution in [3.05, 3.63) is 0 Å². The topological polar surface area (TPSA) is 57.5 Å². The van der Waals surface area contributed by atoms with Crippen LogP contribution < -0.4 is 0 Å². The predicted octanol–water partition coefficient (Wildman–Crippen LogP) is 2.81. The van der Waals surface area contributed by atoms with Crippen LogP contribution in [-0.2, 0) is 0 Å². The second kappa shape index (κ2) is 4.90. The van der Waals surface area contributed by atoms with Crippen molar-refractivity contribution in [1.82, 2.24) is 0 Å². The molecule has 1 saturated carbocycles. The lowest BCUT2D eigenvalue weighted by Gasteiger charge is -2.20. The number of hydrogen-bond donors (Lipinski definition) is 2. The molecule has 0 amide bonds. The second-order valence-electron chi connectivity index (χ2n) is 2.70. The Morgan fingerprint density at radius 1 is 1.08 bits per heavy atom. The molecule has 0 aromatic heterocycles. The van der Waals surface area contributed by atoms with Crippen molar-refractivity contribution < 1.29 is 23.8 Å². The van der Waals surface area contributed by atoms with Gasteiger partial charge in [-0.05, 0) is 12.8 Å². The van der Waals surface area contributed by atoms with E-state index in [-0.39, 0.29) is 12.8 Å². The van der Waals surface area contributed by atoms with E-state index in [9.17, 15) is 8.78 Å². The van der Waals surface area contributed by atoms with Crippen molar-refractivity contribution in [1.29, 1.82) is 0 Å². The molecule has 0 heterocycles. The van der Waals surface area contributed by atoms with Crippen molar-refractivity contribution in [3.8, 4) is 0 Å². The quantitative estimate of drug-likeness (QED) is 0.605. The van der Waals surface area contributed by atoms with Gasteiger partial charge in [0, 0.05) is 12.8 Å². The first-order valence-corrected chi connectivity index (χ1v) is 3.74. The lowest BCUT2D eigenvalue weighted by atomic mass is 9.97. The first-order chi connectivity index (χ1) is 5.44. The molecule has 0 aliphatic heterocycles. The number of alkyl halides is 2. The Morgan fingerprint density at radius 2 is 1.42 bits per heavy atom. The van der Waals surface area contributed by atoms with E-state index in [1.165, 1.54) is 0 Å². The fraction of sp³-hybridized carbons (Fsp3) is 0.857. The predicted molar refractivity (Wildman–Crippen MR) is 38.7 cm³/mol. The standard InChI is InChI=1S/C6H10F2.CH2O3/c7-6(8)4-2-1-3-5-6;2-1(3)4/h1-5H2;(H2,2,3,4). The lowest BCUT2D eigenvalue weighted by Crippen LogP contribution is -2.18. The van der Waals surface area contributed by atoms with Crippen LogP contribution in [0.25, 0.3) is 0 Å². The van der Waals surface area contributed by atoms with E-state index in [2.05, 4.69) is 0 Å². The summed E-state index contributed by atoms with van der Waals surface area (Å²) < 4.78 is 24.4. The molecular weight excluding hydrogens is 170 g/mol. The molecule has 1 aliphatic rings. The zero-order valence-corrected chi connectivity index (χ0v) is 6.59. The highest BCUT2D eigenvalue weighted by Crippen LogP contribution is 2.32. The van der Waals surface area contributed by atoms with Gasteiger partial charge in [-0.3, -0.25) is 0 Å². The molecule has 1 fully saturated rings. The normalized spacial score (nSPS) is 20.5. The maximum atomic E-state index is 12.2. The molecule has 0 radical (unpaired) electrons. The van der Waals surface area contributed by atoms with Crippen LogP contribution in [0.4, 0.5) is 13.6 Å². The van der Waals surface area contributed by atoms with Crippen LogP contribution in [0.2, 0.25) is 0 Å². The van der Waals surface area contributed by atoms with Gasteiger partial charge < -0.3 is 10.2 Å². The van der Waals surface area contributed by atoms with Gasteiger partial charge in [-0.1, -0.05) is 6.42 Å². The number of carboxylic acid groups (broad SMARTS) is 2. The molecule has 1 rings (SSSR count). The summed E-state index contributed by atoms with van der Waals surface area (Å²) in [6.07, 6.45) is 0.829. The highest BCUT2D eigenvalue weighted by atomic mass is 19.3. The zero-order chi connectivity index (χ0) is 9.61. The molecule has 5 heteroatoms. The van der Waals surface area contributed by atoms with E-state index in [0.717, 1.165) is 6.42 Å². The Balaban J connectivity index is 0.000000261. The van der Waals surface area contributed by atoms with E-state index in [1.807, 2.05) is 0 Å². The average molecular weight is 182 g/mol. The Bertz CT molecular complexity index is 136. The molecule has 12 heavy (non-hydrogen) atoms. The first kappa shape index (κ1) is 11.1. The minimum absolute atomic E-state index is 0.118. The van der Waals surface area contributed by atoms with Crippen molar-refractivity contribution in [2.45, 2.75) is 38.0 Å². The molecular formula is C7H12F2O3. The van der Waals surface area contributed by atoms with Crippen LogP contribution >= 0.6 is 0 Å². The number of rotatable bonds is 0. The van der Waals surface area contributed by atoms with E-state index in [4.69, 9.17) is 15.0 Å². The molecule has 0 aromatic rings. The van der Waals surface area contributed by atoms with E-state index >= 15 is 0 Å². The summed E-state index contributed by atoms with van der Waals surface area (Å²) in [5.41, 5.74) is 0. The molecule has 0 aromatic carbocycles. The van der Waals surface area contributed by atoms with Crippen molar-refractivity contribution in [2.75, 3.05) is 0 Å². The van der Waals surface area contributed by atoms with Crippen LogP contribution in [0.5, 0.6) is 0 Å². The van der Waals surface area contributed by atoms with Gasteiger partial charge >= 0.3 is 6.16 Å². The molecule has 1 aliphatic carbocycles. The van der Waals surface area contributed by atoms with Crippen LogP contribution in [0, 0.1) is 0 Å². The average Bonchev–Trinajstić information content (AvgIpc) is 1.85. The third kappa shape index (κ3) is 7.24. The van der Waals surface area contributed by atoms with Gasteiger partial charge in [0.2, 0.25) is 5.92 Å². The summed E-state index contributed by atoms with van der Waals surface area (Å²) in [7, 11) is 0. The third-order valence-electron chi connectivity index (χ3n) is 1.59. The summed E-state index contributed by atoms with van der Waals surface area (Å²) in [5, 5.41) is 13.9. The number of carbonyl (C=O) groups is 1. The van der Waals surface area contributed by atoms with Gasteiger partial charge in [0.15, 0.2) is 0 Å². The Hall–Kier alpha value is -0.870. The molecule has 3 nitrogen and oxygen atoms in total. The minimum atomic E-state index is -2.32. The van der Waals surface area contributed by atoms with Crippen LogP contribution in [0.3, 0.4) is 0 Å². The van der Waals surface area contributed by atoms with Gasteiger partial charge in [-0.2, -0.15) is 0 Å². The minimum Gasteiger partial charge on any atom is -0.450 e. The first-order valence-electron chi connectivity index (χ1n) is 3.74. The van der Waals surface area contributed by atoms with E-state index in [0.29, 0.717) is 12.8 Å². The zero-order valence-electron chi connectivity index (χ0n) is 6.59. The molecule has 0 atom stereocenters. The highest BCUT2D eigenvalue weighted by Gasteiger charge is 2.30. The molecule has 72 valence electrons. The molecule has 0 spiro atoms. The maximum absolute atomic E-state index is 12.2. The number of halogens is 2. The van der Waals surface area contributed by atoms with Crippen LogP contribution in [-0.4, -0.2) is 22.3 Å². The van der Waals surface area contributed by atoms with Gasteiger partial charge in [0.1, 0.15) is 0 Å². The van der Waals surface area contributed by atoms with Crippen molar-refractivity contribution in [2.24, 2.45) is 0 Å². The summed E-state index contributed by atoms with van der Waals surface area (Å²) in [4.78, 5) is 8.56. The third-order valence-corrected chi connectivity index (χ3v) is 1.59. The van der Waals surface area contributed by atoms with Gasteiger partial charge in [-0.15, -0.1) is 0 Å². The fourth-order valence-corrected chi connectivity index (χ4v) is 1.07. The summed E-state index contributed by atoms with van der Waals surface area (Å²) in [6, 6.07) is 0. The molecule has 2 N–H and O–H groups in total. The Morgan fingerprint density at radius 3 is 1.58 bits per heavy atom. The SMILES string of the molecule is FC1(F)CCCCC1.O=C(O)O. The second-order valence-corrected chi connectivity index (χ2v) is 2.70. The Kier molecular flexibility index (Phi) is 4.54. The van der Waals surface area contributed by atoms with E-state index < -0.39 is 12.1 Å². The van der Waals surface area contributed by atoms with Gasteiger partial charge in [-0.25, -0.2) is 13.6 Å². The molecule has 0 bridgehead atoms. The summed E-state index contributed by atoms with van der Waals surface area (Å²) >= 11 is 0. The van der Waals surface area contributed by atoms with Crippen LogP contribution in [0.1, 0.15) is 32.1 Å².